The van der Waals surface area contributed by atoms with Gasteiger partial charge in [0.25, 0.3) is 0 Å². The van der Waals surface area contributed by atoms with Gasteiger partial charge in [0.05, 0.1) is 5.56 Å². The third kappa shape index (κ3) is 4.80. The topological polar surface area (TPSA) is 90.1 Å². The summed E-state index contributed by atoms with van der Waals surface area (Å²) in [6.45, 7) is 6.20. The number of aromatic nitrogens is 2. The van der Waals surface area contributed by atoms with Gasteiger partial charge in [0.15, 0.2) is 5.75 Å². The molecular formula is C21H24N4O2. The molecule has 0 aliphatic carbocycles. The number of hydrogen-bond acceptors (Lipinski definition) is 5. The monoisotopic (exact) mass is 364 g/mol. The molecule has 0 unspecified atom stereocenters. The maximum absolute atomic E-state index is 11.2. The number of benzene rings is 1. The highest BCUT2D eigenvalue weighted by molar-refractivity contribution is 5.92. The fraction of sp³-hybridized carbons (Fsp3) is 0.286. The van der Waals surface area contributed by atoms with Crippen molar-refractivity contribution in [3.63, 3.8) is 0 Å². The van der Waals surface area contributed by atoms with Gasteiger partial charge < -0.3 is 15.8 Å². The zero-order valence-corrected chi connectivity index (χ0v) is 15.6. The highest BCUT2D eigenvalue weighted by Gasteiger charge is 2.10. The van der Waals surface area contributed by atoms with E-state index in [9.17, 15) is 4.79 Å². The van der Waals surface area contributed by atoms with Crippen molar-refractivity contribution in [2.45, 2.75) is 26.8 Å². The summed E-state index contributed by atoms with van der Waals surface area (Å²) in [5.74, 6) is 1.17. The number of carbonyl (C=O) groups excluding carboxylic acids is 1. The van der Waals surface area contributed by atoms with E-state index in [1.165, 1.54) is 11.8 Å². The van der Waals surface area contributed by atoms with Crippen molar-refractivity contribution in [2.24, 2.45) is 11.7 Å². The second kappa shape index (κ2) is 8.60. The fourth-order valence-corrected chi connectivity index (χ4v) is 2.76. The third-order valence-corrected chi connectivity index (χ3v) is 4.27. The van der Waals surface area contributed by atoms with E-state index in [2.05, 4.69) is 29.1 Å². The van der Waals surface area contributed by atoms with Crippen LogP contribution in [0.1, 0.15) is 36.2 Å². The SMILES string of the molecule is CC(C)CCNCc1ccc(Oc2ccc(C(N)=O)cn2)c2ncccc12. The molecule has 1 amide bonds. The Kier molecular flexibility index (Phi) is 5.98. The number of hydrogen-bond donors (Lipinski definition) is 2. The first-order valence-corrected chi connectivity index (χ1v) is 9.05. The summed E-state index contributed by atoms with van der Waals surface area (Å²) in [7, 11) is 0. The minimum absolute atomic E-state index is 0.341. The number of rotatable bonds is 8. The number of nitrogens with two attached hydrogens (primary N) is 1. The van der Waals surface area contributed by atoms with Crippen LogP contribution in [0, 0.1) is 5.92 Å². The van der Waals surface area contributed by atoms with Gasteiger partial charge in [-0.25, -0.2) is 4.98 Å². The Morgan fingerprint density at radius 3 is 2.74 bits per heavy atom. The van der Waals surface area contributed by atoms with Crippen LogP contribution in [0.25, 0.3) is 10.9 Å². The number of nitrogens with zero attached hydrogens (tertiary/aromatic N) is 2. The Morgan fingerprint density at radius 2 is 2.04 bits per heavy atom. The molecule has 0 radical (unpaired) electrons. The van der Waals surface area contributed by atoms with Crippen molar-refractivity contribution in [3.05, 3.63) is 59.9 Å². The molecule has 3 N–H and O–H groups in total. The first-order chi connectivity index (χ1) is 13.0. The molecule has 27 heavy (non-hydrogen) atoms. The van der Waals surface area contributed by atoms with E-state index in [1.54, 1.807) is 18.3 Å². The van der Waals surface area contributed by atoms with Gasteiger partial charge in [0, 0.05) is 30.4 Å². The summed E-state index contributed by atoms with van der Waals surface area (Å²) in [4.78, 5) is 19.8. The van der Waals surface area contributed by atoms with Crippen molar-refractivity contribution < 1.29 is 9.53 Å². The predicted molar refractivity (Wildman–Crippen MR) is 106 cm³/mol. The molecule has 0 spiro atoms. The molecule has 3 aromatic rings. The van der Waals surface area contributed by atoms with Gasteiger partial charge in [0.2, 0.25) is 11.8 Å². The van der Waals surface area contributed by atoms with E-state index in [-0.39, 0.29) is 0 Å². The predicted octanol–water partition coefficient (Wildman–Crippen LogP) is 3.66. The van der Waals surface area contributed by atoms with Gasteiger partial charge in [-0.2, -0.15) is 0 Å². The summed E-state index contributed by atoms with van der Waals surface area (Å²) >= 11 is 0. The van der Waals surface area contributed by atoms with Gasteiger partial charge >= 0.3 is 0 Å². The Bertz CT molecular complexity index is 923. The second-order valence-electron chi connectivity index (χ2n) is 6.83. The molecule has 6 heteroatoms. The molecule has 2 aromatic heterocycles. The molecular weight excluding hydrogens is 340 g/mol. The van der Waals surface area contributed by atoms with E-state index in [4.69, 9.17) is 10.5 Å². The zero-order chi connectivity index (χ0) is 19.2. The average molecular weight is 364 g/mol. The summed E-state index contributed by atoms with van der Waals surface area (Å²) in [5, 5.41) is 4.53. The highest BCUT2D eigenvalue weighted by Crippen LogP contribution is 2.30. The Morgan fingerprint density at radius 1 is 1.19 bits per heavy atom. The number of pyridine rings is 2. The van der Waals surface area contributed by atoms with E-state index in [0.717, 1.165) is 30.4 Å². The number of ether oxygens (including phenoxy) is 1. The van der Waals surface area contributed by atoms with Crippen LogP contribution in [0.4, 0.5) is 0 Å². The van der Waals surface area contributed by atoms with Gasteiger partial charge in [-0.3, -0.25) is 9.78 Å². The lowest BCUT2D eigenvalue weighted by Gasteiger charge is -2.12. The smallest absolute Gasteiger partial charge is 0.250 e. The molecule has 0 aliphatic heterocycles. The van der Waals surface area contributed by atoms with Crippen LogP contribution in [0.15, 0.2) is 48.8 Å². The molecule has 0 saturated heterocycles. The average Bonchev–Trinajstić information content (AvgIpc) is 2.67. The van der Waals surface area contributed by atoms with Crippen molar-refractivity contribution >= 4 is 16.8 Å². The first kappa shape index (κ1) is 18.8. The van der Waals surface area contributed by atoms with Crippen LogP contribution < -0.4 is 15.8 Å². The lowest BCUT2D eigenvalue weighted by Crippen LogP contribution is -2.16. The molecule has 0 fully saturated rings. The number of fused-ring (bicyclic) bond motifs is 1. The number of nitrogens with one attached hydrogen (secondary N) is 1. The van der Waals surface area contributed by atoms with Gasteiger partial charge in [-0.15, -0.1) is 0 Å². The van der Waals surface area contributed by atoms with E-state index in [0.29, 0.717) is 23.1 Å². The highest BCUT2D eigenvalue weighted by atomic mass is 16.5. The van der Waals surface area contributed by atoms with Crippen LogP contribution in [0.3, 0.4) is 0 Å². The molecule has 1 aromatic carbocycles. The van der Waals surface area contributed by atoms with E-state index in [1.807, 2.05) is 24.3 Å². The minimum atomic E-state index is -0.518. The van der Waals surface area contributed by atoms with Gasteiger partial charge in [0.1, 0.15) is 5.52 Å². The normalized spacial score (nSPS) is 11.1. The Labute approximate surface area is 158 Å². The standard InChI is InChI=1S/C21H24N4O2/c1-14(2)9-11-23-12-15-5-7-18(20-17(15)4-3-10-24-20)27-19-8-6-16(13-25-19)21(22)26/h3-8,10,13-14,23H,9,11-12H2,1-2H3,(H2,22,26). The molecule has 0 aliphatic rings. The fourth-order valence-electron chi connectivity index (χ4n) is 2.76. The molecule has 0 saturated carbocycles. The van der Waals surface area contributed by atoms with Crippen LogP contribution >= 0.6 is 0 Å². The molecule has 3 rings (SSSR count). The molecule has 0 bridgehead atoms. The second-order valence-corrected chi connectivity index (χ2v) is 6.83. The molecule has 6 nitrogen and oxygen atoms in total. The quantitative estimate of drug-likeness (QED) is 0.595. The first-order valence-electron chi connectivity index (χ1n) is 9.05. The van der Waals surface area contributed by atoms with Crippen LogP contribution in [-0.4, -0.2) is 22.4 Å². The minimum Gasteiger partial charge on any atom is -0.437 e. The van der Waals surface area contributed by atoms with Crippen molar-refractivity contribution in [2.75, 3.05) is 6.54 Å². The zero-order valence-electron chi connectivity index (χ0n) is 15.6. The number of amides is 1. The Balaban J connectivity index is 1.80. The summed E-state index contributed by atoms with van der Waals surface area (Å²) < 4.78 is 5.89. The van der Waals surface area contributed by atoms with E-state index < -0.39 is 5.91 Å². The van der Waals surface area contributed by atoms with Crippen LogP contribution in [0.2, 0.25) is 0 Å². The van der Waals surface area contributed by atoms with Crippen molar-refractivity contribution in [1.29, 1.82) is 0 Å². The molecule has 2 heterocycles. The maximum Gasteiger partial charge on any atom is 0.250 e. The maximum atomic E-state index is 11.2. The van der Waals surface area contributed by atoms with Crippen molar-refractivity contribution in [3.8, 4) is 11.6 Å². The Hall–Kier alpha value is -2.99. The summed E-state index contributed by atoms with van der Waals surface area (Å²) in [5.41, 5.74) is 7.53. The summed E-state index contributed by atoms with van der Waals surface area (Å²) in [6, 6.07) is 11.1. The van der Waals surface area contributed by atoms with Crippen LogP contribution in [-0.2, 0) is 6.54 Å². The van der Waals surface area contributed by atoms with Crippen molar-refractivity contribution in [1.82, 2.24) is 15.3 Å². The number of primary amides is 1. The third-order valence-electron chi connectivity index (χ3n) is 4.27. The van der Waals surface area contributed by atoms with E-state index >= 15 is 0 Å². The lowest BCUT2D eigenvalue weighted by molar-refractivity contribution is 0.1000. The largest absolute Gasteiger partial charge is 0.437 e. The van der Waals surface area contributed by atoms with Gasteiger partial charge in [-0.05, 0) is 42.6 Å². The van der Waals surface area contributed by atoms with Gasteiger partial charge in [-0.1, -0.05) is 26.0 Å². The molecule has 0 atom stereocenters. The summed E-state index contributed by atoms with van der Waals surface area (Å²) in [6.07, 6.45) is 4.29. The molecule has 140 valence electrons. The van der Waals surface area contributed by atoms with Crippen LogP contribution in [0.5, 0.6) is 11.6 Å². The number of carbonyl (C=O) groups is 1. The lowest BCUT2D eigenvalue weighted by atomic mass is 10.1.